The van der Waals surface area contributed by atoms with Crippen molar-refractivity contribution in [2.24, 2.45) is 0 Å². The zero-order valence-electron chi connectivity index (χ0n) is 22.0. The predicted octanol–water partition coefficient (Wildman–Crippen LogP) is 9.19. The van der Waals surface area contributed by atoms with Crippen LogP contribution in [-0.2, 0) is 0 Å². The molecule has 2 aliphatic rings. The summed E-state index contributed by atoms with van der Waals surface area (Å²) in [7, 11) is 0. The Hall–Kier alpha value is -4.18. The second kappa shape index (κ2) is 11.1. The minimum Gasteiger partial charge on any atom is -0.355 e. The van der Waals surface area contributed by atoms with Crippen LogP contribution in [0.3, 0.4) is 0 Å². The number of nitrogens with one attached hydrogen (secondary N) is 2. The molecular weight excluding hydrogens is 464 g/mol. The normalized spacial score (nSPS) is 12.9. The maximum absolute atomic E-state index is 5.23. The molecule has 0 radical (unpaired) electrons. The van der Waals surface area contributed by atoms with Gasteiger partial charge in [0.05, 0.1) is 22.8 Å². The van der Waals surface area contributed by atoms with Crippen molar-refractivity contribution in [3.8, 4) is 0 Å². The maximum atomic E-state index is 5.23. The molecule has 2 N–H and O–H groups in total. The van der Waals surface area contributed by atoms with Gasteiger partial charge in [0.1, 0.15) is 0 Å². The van der Waals surface area contributed by atoms with Crippen molar-refractivity contribution in [2.75, 3.05) is 0 Å². The third-order valence-corrected chi connectivity index (χ3v) is 7.29. The number of hydrogen-bond acceptors (Lipinski definition) is 2. The summed E-state index contributed by atoms with van der Waals surface area (Å²) in [5.74, 6) is 0. The van der Waals surface area contributed by atoms with Crippen LogP contribution in [0, 0.1) is 0 Å². The summed E-state index contributed by atoms with van der Waals surface area (Å²) < 4.78 is 0. The zero-order valence-corrected chi connectivity index (χ0v) is 22.0. The number of H-pyrrole nitrogens is 2. The van der Waals surface area contributed by atoms with Crippen LogP contribution in [0.25, 0.3) is 45.4 Å². The summed E-state index contributed by atoms with van der Waals surface area (Å²) in [6.07, 6.45) is 12.8. The first-order valence-corrected chi connectivity index (χ1v) is 13.9. The zero-order chi connectivity index (χ0) is 25.7. The lowest BCUT2D eigenvalue weighted by molar-refractivity contribution is 0.613. The van der Waals surface area contributed by atoms with E-state index in [2.05, 4.69) is 108 Å². The fraction of sp³-hybridized carbons (Fsp3) is 0.235. The van der Waals surface area contributed by atoms with Gasteiger partial charge in [-0.1, -0.05) is 69.4 Å². The van der Waals surface area contributed by atoms with Gasteiger partial charge in [0.2, 0.25) is 0 Å². The molecule has 4 aromatic rings. The standard InChI is InChI=1S/C34H34N4/c1-2-3-4-5-6-10-13-31-32-22-29-18-16-27(36-29)20-25-14-15-26(35-25)21-28-17-19-30(37-28)23-33(38-32)34(31)24-11-8-7-9-12-24/h7-9,11-12,14-23,35,37H,2-6,10,13H2,1H3. The molecule has 6 rings (SSSR count). The van der Waals surface area contributed by atoms with E-state index in [0.29, 0.717) is 0 Å². The van der Waals surface area contributed by atoms with Crippen LogP contribution in [0.15, 0.2) is 78.9 Å². The first-order valence-electron chi connectivity index (χ1n) is 13.9. The monoisotopic (exact) mass is 498 g/mol. The molecule has 0 aliphatic carbocycles. The van der Waals surface area contributed by atoms with E-state index in [4.69, 9.17) is 9.97 Å². The Morgan fingerprint density at radius 1 is 0.579 bits per heavy atom. The molecule has 0 saturated heterocycles. The molecule has 0 amide bonds. The Morgan fingerprint density at radius 3 is 1.95 bits per heavy atom. The summed E-state index contributed by atoms with van der Waals surface area (Å²) in [6, 6.07) is 27.7. The van der Waals surface area contributed by atoms with E-state index in [-0.39, 0.29) is 0 Å². The molecule has 0 saturated carbocycles. The third kappa shape index (κ3) is 5.40. The first-order chi connectivity index (χ1) is 18.7. The van der Waals surface area contributed by atoms with Crippen molar-refractivity contribution >= 4 is 45.4 Å². The van der Waals surface area contributed by atoms with Crippen LogP contribution in [-0.4, -0.2) is 19.9 Å². The Labute approximate surface area is 224 Å². The Bertz CT molecular complexity index is 1650. The highest BCUT2D eigenvalue weighted by Crippen LogP contribution is 2.38. The van der Waals surface area contributed by atoms with Crippen LogP contribution in [0.4, 0.5) is 0 Å². The molecule has 0 spiro atoms. The van der Waals surface area contributed by atoms with Crippen molar-refractivity contribution in [3.05, 3.63) is 107 Å². The molecule has 3 aromatic heterocycles. The molecule has 4 heteroatoms. The molecule has 1 aromatic carbocycles. The lowest BCUT2D eigenvalue weighted by Gasteiger charge is -2.09. The quantitative estimate of drug-likeness (QED) is 0.209. The number of aromatic amines is 2. The van der Waals surface area contributed by atoms with Gasteiger partial charge in [-0.3, -0.25) is 0 Å². The summed E-state index contributed by atoms with van der Waals surface area (Å²) in [5, 5.41) is 0. The molecule has 0 atom stereocenters. The van der Waals surface area contributed by atoms with Crippen molar-refractivity contribution in [3.63, 3.8) is 0 Å². The molecule has 4 nitrogen and oxygen atoms in total. The van der Waals surface area contributed by atoms with Crippen molar-refractivity contribution in [2.45, 2.75) is 51.9 Å². The molecule has 5 heterocycles. The number of nitrogens with zero attached hydrogens (tertiary/aromatic N) is 2. The predicted molar refractivity (Wildman–Crippen MR) is 160 cm³/mol. The molecular formula is C34H34N4. The Kier molecular flexibility index (Phi) is 7.03. The van der Waals surface area contributed by atoms with Gasteiger partial charge in [0.25, 0.3) is 0 Å². The van der Waals surface area contributed by atoms with Gasteiger partial charge in [-0.2, -0.15) is 0 Å². The van der Waals surface area contributed by atoms with Gasteiger partial charge in [0.15, 0.2) is 0 Å². The SMILES string of the molecule is CCCCCCCCC1=C(c2ccccc2)c2cc3ccc(cc4ccc(cc5nc(cc1n2)C=C5)[nH]4)[nH]3. The fourth-order valence-corrected chi connectivity index (χ4v) is 5.39. The number of allylic oxidation sites excluding steroid dienone is 1. The summed E-state index contributed by atoms with van der Waals surface area (Å²) in [5.41, 5.74) is 11.9. The summed E-state index contributed by atoms with van der Waals surface area (Å²) >= 11 is 0. The smallest absolute Gasteiger partial charge is 0.0739 e. The van der Waals surface area contributed by atoms with Gasteiger partial charge >= 0.3 is 0 Å². The van der Waals surface area contributed by atoms with Gasteiger partial charge in [0, 0.05) is 27.6 Å². The lowest BCUT2D eigenvalue weighted by Crippen LogP contribution is -1.90. The van der Waals surface area contributed by atoms with Crippen LogP contribution >= 0.6 is 0 Å². The topological polar surface area (TPSA) is 57.4 Å². The van der Waals surface area contributed by atoms with E-state index in [1.54, 1.807) is 0 Å². The number of aromatic nitrogens is 4. The number of fused-ring (bicyclic) bond motifs is 8. The second-order valence-corrected chi connectivity index (χ2v) is 10.2. The van der Waals surface area contributed by atoms with E-state index in [9.17, 15) is 0 Å². The third-order valence-electron chi connectivity index (χ3n) is 7.29. The van der Waals surface area contributed by atoms with Crippen molar-refractivity contribution in [1.29, 1.82) is 0 Å². The average Bonchev–Trinajstić information content (AvgIpc) is 3.72. The molecule has 8 bridgehead atoms. The van der Waals surface area contributed by atoms with E-state index in [1.807, 2.05) is 0 Å². The van der Waals surface area contributed by atoms with Crippen molar-refractivity contribution in [1.82, 2.24) is 19.9 Å². The van der Waals surface area contributed by atoms with E-state index in [1.165, 1.54) is 55.2 Å². The fourth-order valence-electron chi connectivity index (χ4n) is 5.39. The molecule has 2 aliphatic heterocycles. The number of unbranched alkanes of at least 4 members (excludes halogenated alkanes) is 5. The van der Waals surface area contributed by atoms with Gasteiger partial charge < -0.3 is 9.97 Å². The van der Waals surface area contributed by atoms with Gasteiger partial charge in [-0.05, 0) is 84.7 Å². The number of rotatable bonds is 8. The largest absolute Gasteiger partial charge is 0.355 e. The van der Waals surface area contributed by atoms with Gasteiger partial charge in [-0.25, -0.2) is 9.97 Å². The molecule has 0 unspecified atom stereocenters. The molecule has 38 heavy (non-hydrogen) atoms. The minimum atomic E-state index is 0.941. The van der Waals surface area contributed by atoms with Gasteiger partial charge in [-0.15, -0.1) is 0 Å². The Balaban J connectivity index is 1.53. The van der Waals surface area contributed by atoms with E-state index >= 15 is 0 Å². The lowest BCUT2D eigenvalue weighted by atomic mass is 9.93. The van der Waals surface area contributed by atoms with Crippen LogP contribution in [0.1, 0.15) is 80.2 Å². The Morgan fingerprint density at radius 2 is 1.21 bits per heavy atom. The number of benzene rings is 1. The summed E-state index contributed by atoms with van der Waals surface area (Å²) in [6.45, 7) is 2.27. The van der Waals surface area contributed by atoms with Crippen LogP contribution in [0.2, 0.25) is 0 Å². The highest BCUT2D eigenvalue weighted by molar-refractivity contribution is 6.00. The van der Waals surface area contributed by atoms with E-state index < -0.39 is 0 Å². The number of hydrogen-bond donors (Lipinski definition) is 2. The average molecular weight is 499 g/mol. The van der Waals surface area contributed by atoms with E-state index in [0.717, 1.165) is 51.3 Å². The molecule has 190 valence electrons. The second-order valence-electron chi connectivity index (χ2n) is 10.2. The maximum Gasteiger partial charge on any atom is 0.0739 e. The highest BCUT2D eigenvalue weighted by Gasteiger charge is 2.21. The van der Waals surface area contributed by atoms with Crippen LogP contribution < -0.4 is 0 Å². The first kappa shape index (κ1) is 24.2. The molecule has 0 fully saturated rings. The summed E-state index contributed by atoms with van der Waals surface area (Å²) in [4.78, 5) is 17.2. The highest BCUT2D eigenvalue weighted by atomic mass is 14.8. The van der Waals surface area contributed by atoms with Crippen molar-refractivity contribution < 1.29 is 0 Å². The van der Waals surface area contributed by atoms with Crippen LogP contribution in [0.5, 0.6) is 0 Å². The minimum absolute atomic E-state index is 0.941.